The second kappa shape index (κ2) is 5.37. The molecule has 1 aromatic carbocycles. The number of benzene rings is 1. The van der Waals surface area contributed by atoms with E-state index in [2.05, 4.69) is 16.0 Å². The maximum absolute atomic E-state index is 12.2. The fourth-order valence-electron chi connectivity index (χ4n) is 2.42. The lowest BCUT2D eigenvalue weighted by Crippen LogP contribution is -2.48. The number of carbonyl (C=O) groups excluding carboxylic acids is 2. The second-order valence-corrected chi connectivity index (χ2v) is 5.66. The summed E-state index contributed by atoms with van der Waals surface area (Å²) in [7, 11) is 0. The molecule has 1 aromatic rings. The molecule has 2 unspecified atom stereocenters. The van der Waals surface area contributed by atoms with Gasteiger partial charge in [0.1, 0.15) is 5.75 Å². The Labute approximate surface area is 123 Å². The normalized spacial score (nSPS) is 22.4. The van der Waals surface area contributed by atoms with Crippen LogP contribution in [0.5, 0.6) is 5.75 Å². The van der Waals surface area contributed by atoms with Crippen molar-refractivity contribution >= 4 is 23.2 Å². The molecular formula is C15H19N3O3. The summed E-state index contributed by atoms with van der Waals surface area (Å²) in [6, 6.07) is 5.27. The van der Waals surface area contributed by atoms with Crippen LogP contribution in [0.1, 0.15) is 13.8 Å². The number of carbonyl (C=O) groups is 2. The van der Waals surface area contributed by atoms with Crippen LogP contribution in [0.4, 0.5) is 11.4 Å². The van der Waals surface area contributed by atoms with Crippen LogP contribution >= 0.6 is 0 Å². The van der Waals surface area contributed by atoms with Crippen LogP contribution in [-0.4, -0.2) is 31.0 Å². The van der Waals surface area contributed by atoms with Crippen LogP contribution < -0.4 is 20.7 Å². The summed E-state index contributed by atoms with van der Waals surface area (Å²) < 4.78 is 5.48. The number of anilines is 2. The maximum Gasteiger partial charge on any atom is 0.265 e. The summed E-state index contributed by atoms with van der Waals surface area (Å²) in [5.41, 5.74) is 1.25. The molecule has 0 radical (unpaired) electrons. The van der Waals surface area contributed by atoms with Gasteiger partial charge in [-0.15, -0.1) is 0 Å². The van der Waals surface area contributed by atoms with Crippen LogP contribution in [0.15, 0.2) is 18.2 Å². The quantitative estimate of drug-likeness (QED) is 0.781. The van der Waals surface area contributed by atoms with E-state index in [1.54, 1.807) is 25.1 Å². The van der Waals surface area contributed by atoms with Gasteiger partial charge in [-0.05, 0) is 44.1 Å². The molecule has 21 heavy (non-hydrogen) atoms. The van der Waals surface area contributed by atoms with Crippen LogP contribution in [0, 0.1) is 11.8 Å². The van der Waals surface area contributed by atoms with Gasteiger partial charge < -0.3 is 20.7 Å². The molecule has 6 nitrogen and oxygen atoms in total. The van der Waals surface area contributed by atoms with E-state index >= 15 is 0 Å². The average Bonchev–Trinajstić information content (AvgIpc) is 2.38. The van der Waals surface area contributed by atoms with E-state index in [0.29, 0.717) is 23.0 Å². The fourth-order valence-corrected chi connectivity index (χ4v) is 2.42. The van der Waals surface area contributed by atoms with E-state index in [9.17, 15) is 9.59 Å². The van der Waals surface area contributed by atoms with Gasteiger partial charge in [0.2, 0.25) is 5.91 Å². The number of rotatable bonds is 3. The van der Waals surface area contributed by atoms with Crippen molar-refractivity contribution in [3.05, 3.63) is 18.2 Å². The third-order valence-electron chi connectivity index (χ3n) is 4.11. The van der Waals surface area contributed by atoms with Gasteiger partial charge in [0, 0.05) is 11.6 Å². The Morgan fingerprint density at radius 1 is 1.43 bits per heavy atom. The topological polar surface area (TPSA) is 79.5 Å². The molecule has 0 spiro atoms. The highest BCUT2D eigenvalue weighted by molar-refractivity contribution is 5.99. The highest BCUT2D eigenvalue weighted by Crippen LogP contribution is 2.32. The zero-order chi connectivity index (χ0) is 15.0. The SMILES string of the molecule is CC1Oc2ccc(NC(=O)C(C)C3CNC3)cc2NC1=O. The number of fused-ring (bicyclic) bond motifs is 1. The maximum atomic E-state index is 12.2. The molecule has 3 rings (SSSR count). The van der Waals surface area contributed by atoms with Gasteiger partial charge in [0.05, 0.1) is 5.69 Å². The van der Waals surface area contributed by atoms with Crippen molar-refractivity contribution in [2.75, 3.05) is 23.7 Å². The summed E-state index contributed by atoms with van der Waals surface area (Å²) in [6.45, 7) is 5.41. The molecule has 0 aliphatic carbocycles. The first kappa shape index (κ1) is 13.9. The van der Waals surface area contributed by atoms with Gasteiger partial charge in [-0.3, -0.25) is 9.59 Å². The molecule has 112 valence electrons. The minimum absolute atomic E-state index is 0.00197. The van der Waals surface area contributed by atoms with E-state index in [0.717, 1.165) is 13.1 Å². The van der Waals surface area contributed by atoms with E-state index in [1.807, 2.05) is 6.92 Å². The summed E-state index contributed by atoms with van der Waals surface area (Å²) in [6.07, 6.45) is -0.496. The van der Waals surface area contributed by atoms with Gasteiger partial charge >= 0.3 is 0 Å². The van der Waals surface area contributed by atoms with Crippen molar-refractivity contribution < 1.29 is 14.3 Å². The Hall–Kier alpha value is -2.08. The Morgan fingerprint density at radius 3 is 2.86 bits per heavy atom. The van der Waals surface area contributed by atoms with Gasteiger partial charge in [-0.2, -0.15) is 0 Å². The van der Waals surface area contributed by atoms with E-state index in [-0.39, 0.29) is 17.7 Å². The number of hydrogen-bond donors (Lipinski definition) is 3. The number of ether oxygens (including phenoxy) is 1. The van der Waals surface area contributed by atoms with Crippen molar-refractivity contribution in [3.63, 3.8) is 0 Å². The highest BCUT2D eigenvalue weighted by atomic mass is 16.5. The van der Waals surface area contributed by atoms with E-state index < -0.39 is 6.10 Å². The first-order valence-electron chi connectivity index (χ1n) is 7.18. The fraction of sp³-hybridized carbons (Fsp3) is 0.467. The third-order valence-corrected chi connectivity index (χ3v) is 4.11. The van der Waals surface area contributed by atoms with Crippen LogP contribution in [0.3, 0.4) is 0 Å². The first-order chi connectivity index (χ1) is 10.0. The molecule has 0 saturated carbocycles. The zero-order valence-corrected chi connectivity index (χ0v) is 12.1. The minimum atomic E-state index is -0.496. The number of nitrogens with one attached hydrogen (secondary N) is 3. The summed E-state index contributed by atoms with van der Waals surface area (Å²) in [5.74, 6) is 0.800. The molecule has 6 heteroatoms. The standard InChI is InChI=1S/C15H19N3O3/c1-8(10-6-16-7-10)14(19)17-11-3-4-13-12(5-11)18-15(20)9(2)21-13/h3-5,8-10,16H,6-7H2,1-2H3,(H,17,19)(H,18,20). The molecule has 2 atom stereocenters. The van der Waals surface area contributed by atoms with Crippen molar-refractivity contribution in [3.8, 4) is 5.75 Å². The molecule has 0 aromatic heterocycles. The Bertz CT molecular complexity index is 584. The predicted molar refractivity (Wildman–Crippen MR) is 79.3 cm³/mol. The number of hydrogen-bond acceptors (Lipinski definition) is 4. The van der Waals surface area contributed by atoms with Crippen molar-refractivity contribution in [2.24, 2.45) is 11.8 Å². The molecule has 3 N–H and O–H groups in total. The molecule has 2 amide bonds. The second-order valence-electron chi connectivity index (χ2n) is 5.66. The molecule has 2 aliphatic heterocycles. The van der Waals surface area contributed by atoms with E-state index in [1.165, 1.54) is 0 Å². The van der Waals surface area contributed by atoms with Crippen molar-refractivity contribution in [1.82, 2.24) is 5.32 Å². The third kappa shape index (κ3) is 2.71. The summed E-state index contributed by atoms with van der Waals surface area (Å²) in [4.78, 5) is 23.8. The Morgan fingerprint density at radius 2 is 2.19 bits per heavy atom. The molecule has 1 saturated heterocycles. The molecular weight excluding hydrogens is 270 g/mol. The largest absolute Gasteiger partial charge is 0.479 e. The van der Waals surface area contributed by atoms with E-state index in [4.69, 9.17) is 4.74 Å². The van der Waals surface area contributed by atoms with Gasteiger partial charge in [-0.1, -0.05) is 6.92 Å². The predicted octanol–water partition coefficient (Wildman–Crippen LogP) is 1.20. The lowest BCUT2D eigenvalue weighted by Gasteiger charge is -2.31. The molecule has 0 bridgehead atoms. The molecule has 2 heterocycles. The summed E-state index contributed by atoms with van der Waals surface area (Å²) in [5, 5.41) is 8.83. The van der Waals surface area contributed by atoms with Gasteiger partial charge in [-0.25, -0.2) is 0 Å². The van der Waals surface area contributed by atoms with Gasteiger partial charge in [0.15, 0.2) is 6.10 Å². The smallest absolute Gasteiger partial charge is 0.265 e. The first-order valence-corrected chi connectivity index (χ1v) is 7.18. The average molecular weight is 289 g/mol. The van der Waals surface area contributed by atoms with Crippen molar-refractivity contribution in [1.29, 1.82) is 0 Å². The van der Waals surface area contributed by atoms with Crippen LogP contribution in [-0.2, 0) is 9.59 Å². The zero-order valence-electron chi connectivity index (χ0n) is 12.1. The van der Waals surface area contributed by atoms with Gasteiger partial charge in [0.25, 0.3) is 5.91 Å². The minimum Gasteiger partial charge on any atom is -0.479 e. The highest BCUT2D eigenvalue weighted by Gasteiger charge is 2.29. The lowest BCUT2D eigenvalue weighted by molar-refractivity contribution is -0.123. The summed E-state index contributed by atoms with van der Waals surface area (Å²) >= 11 is 0. The Balaban J connectivity index is 1.70. The van der Waals surface area contributed by atoms with Crippen LogP contribution in [0.25, 0.3) is 0 Å². The monoisotopic (exact) mass is 289 g/mol. The van der Waals surface area contributed by atoms with Crippen molar-refractivity contribution in [2.45, 2.75) is 20.0 Å². The lowest BCUT2D eigenvalue weighted by atomic mass is 9.88. The molecule has 2 aliphatic rings. The number of amides is 2. The van der Waals surface area contributed by atoms with Crippen LogP contribution in [0.2, 0.25) is 0 Å². The Kier molecular flexibility index (Phi) is 3.55. The molecule has 1 fully saturated rings.